The molecular formula is C12H17N3S. The third-order valence-electron chi connectivity index (χ3n) is 2.66. The highest BCUT2D eigenvalue weighted by Crippen LogP contribution is 2.34. The minimum Gasteiger partial charge on any atom is -0.368 e. The number of nitrogens with two attached hydrogens (primary N) is 1. The lowest BCUT2D eigenvalue weighted by molar-refractivity contribution is 0.831. The number of nitrogens with zero attached hydrogens (tertiary/aromatic N) is 2. The molecule has 0 aliphatic carbocycles. The fourth-order valence-corrected chi connectivity index (χ4v) is 3.08. The highest BCUT2D eigenvalue weighted by molar-refractivity contribution is 7.17. The molecular weight excluding hydrogens is 218 g/mol. The van der Waals surface area contributed by atoms with Crippen LogP contribution in [0.25, 0.3) is 10.2 Å². The first kappa shape index (κ1) is 11.3. The second-order valence-electron chi connectivity index (χ2n) is 4.65. The Morgan fingerprint density at radius 1 is 1.12 bits per heavy atom. The van der Waals surface area contributed by atoms with E-state index in [9.17, 15) is 0 Å². The van der Waals surface area contributed by atoms with Crippen LogP contribution in [0.2, 0.25) is 0 Å². The van der Waals surface area contributed by atoms with Gasteiger partial charge in [0, 0.05) is 0 Å². The normalized spacial score (nSPS) is 11.9. The molecule has 2 aromatic rings. The first-order chi connectivity index (χ1) is 7.50. The molecule has 3 nitrogen and oxygen atoms in total. The third kappa shape index (κ3) is 1.78. The maximum Gasteiger partial charge on any atom is 0.220 e. The zero-order valence-corrected chi connectivity index (χ0v) is 10.9. The zero-order chi connectivity index (χ0) is 11.9. The third-order valence-corrected chi connectivity index (χ3v) is 3.67. The average molecular weight is 235 g/mol. The van der Waals surface area contributed by atoms with Crippen LogP contribution in [0.3, 0.4) is 0 Å². The summed E-state index contributed by atoms with van der Waals surface area (Å²) in [5.74, 6) is 1.24. The molecule has 16 heavy (non-hydrogen) atoms. The van der Waals surface area contributed by atoms with E-state index in [-0.39, 0.29) is 0 Å². The number of fused-ring (bicyclic) bond motifs is 1. The van der Waals surface area contributed by atoms with Crippen molar-refractivity contribution < 1.29 is 0 Å². The molecule has 2 rings (SSSR count). The lowest BCUT2D eigenvalue weighted by atomic mass is 10.0. The number of aromatic nitrogens is 2. The van der Waals surface area contributed by atoms with Gasteiger partial charge in [0.1, 0.15) is 0 Å². The summed E-state index contributed by atoms with van der Waals surface area (Å²) in [4.78, 5) is 8.73. The Labute approximate surface area is 99.7 Å². The number of rotatable bonds is 2. The maximum absolute atomic E-state index is 5.77. The highest BCUT2D eigenvalue weighted by atomic mass is 32.1. The number of thiophene rings is 1. The van der Waals surface area contributed by atoms with Gasteiger partial charge in [-0.05, 0) is 22.8 Å². The molecule has 0 aromatic carbocycles. The van der Waals surface area contributed by atoms with E-state index in [4.69, 9.17) is 5.73 Å². The van der Waals surface area contributed by atoms with Crippen molar-refractivity contribution in [2.45, 2.75) is 39.5 Å². The van der Waals surface area contributed by atoms with Gasteiger partial charge in [0.05, 0.1) is 15.9 Å². The predicted octanol–water partition coefficient (Wildman–Crippen LogP) is 3.52. The van der Waals surface area contributed by atoms with Gasteiger partial charge in [0.15, 0.2) is 0 Å². The quantitative estimate of drug-likeness (QED) is 0.866. The highest BCUT2D eigenvalue weighted by Gasteiger charge is 2.16. The monoisotopic (exact) mass is 235 g/mol. The second-order valence-corrected chi connectivity index (χ2v) is 5.52. The summed E-state index contributed by atoms with van der Waals surface area (Å²) in [5.41, 5.74) is 9.15. The Morgan fingerprint density at radius 3 is 2.38 bits per heavy atom. The van der Waals surface area contributed by atoms with Gasteiger partial charge in [0.2, 0.25) is 5.95 Å². The molecule has 0 fully saturated rings. The Morgan fingerprint density at radius 2 is 1.81 bits per heavy atom. The molecule has 2 heterocycles. The van der Waals surface area contributed by atoms with Gasteiger partial charge in [-0.15, -0.1) is 11.3 Å². The van der Waals surface area contributed by atoms with Crippen molar-refractivity contribution in [2.24, 2.45) is 0 Å². The molecule has 2 N–H and O–H groups in total. The SMILES string of the molecule is CC(C)c1csc2c(C(C)C)nc(N)nc12. The van der Waals surface area contributed by atoms with Gasteiger partial charge in [-0.3, -0.25) is 0 Å². The lowest BCUT2D eigenvalue weighted by Crippen LogP contribution is -2.01. The first-order valence-corrected chi connectivity index (χ1v) is 6.43. The summed E-state index contributed by atoms with van der Waals surface area (Å²) < 4.78 is 1.19. The van der Waals surface area contributed by atoms with E-state index in [1.54, 1.807) is 11.3 Å². The second kappa shape index (κ2) is 4.01. The fraction of sp³-hybridized carbons (Fsp3) is 0.500. The zero-order valence-electron chi connectivity index (χ0n) is 10.1. The molecule has 86 valence electrons. The molecule has 0 bridgehead atoms. The van der Waals surface area contributed by atoms with Crippen LogP contribution < -0.4 is 5.73 Å². The van der Waals surface area contributed by atoms with Crippen molar-refractivity contribution in [3.63, 3.8) is 0 Å². The molecule has 0 unspecified atom stereocenters. The smallest absolute Gasteiger partial charge is 0.220 e. The topological polar surface area (TPSA) is 51.8 Å². The molecule has 4 heteroatoms. The van der Waals surface area contributed by atoms with E-state index < -0.39 is 0 Å². The number of hydrogen-bond donors (Lipinski definition) is 1. The van der Waals surface area contributed by atoms with Gasteiger partial charge in [0.25, 0.3) is 0 Å². The molecule has 0 aliphatic rings. The van der Waals surface area contributed by atoms with Gasteiger partial charge in [-0.25, -0.2) is 9.97 Å². The average Bonchev–Trinajstić information content (AvgIpc) is 2.59. The van der Waals surface area contributed by atoms with Gasteiger partial charge >= 0.3 is 0 Å². The van der Waals surface area contributed by atoms with Crippen molar-refractivity contribution in [1.82, 2.24) is 9.97 Å². The fourth-order valence-electron chi connectivity index (χ4n) is 1.78. The molecule has 0 saturated heterocycles. The van der Waals surface area contributed by atoms with Crippen LogP contribution in [0.1, 0.15) is 50.8 Å². The summed E-state index contributed by atoms with van der Waals surface area (Å²) in [5, 5.41) is 2.18. The van der Waals surface area contributed by atoms with Crippen molar-refractivity contribution >= 4 is 27.5 Å². The van der Waals surface area contributed by atoms with Crippen LogP contribution in [-0.4, -0.2) is 9.97 Å². The lowest BCUT2D eigenvalue weighted by Gasteiger charge is -2.08. The van der Waals surface area contributed by atoms with Crippen LogP contribution in [0, 0.1) is 0 Å². The Bertz CT molecular complexity index is 514. The van der Waals surface area contributed by atoms with Gasteiger partial charge in [-0.2, -0.15) is 0 Å². The minimum atomic E-state index is 0.381. The van der Waals surface area contributed by atoms with E-state index in [2.05, 4.69) is 43.0 Å². The summed E-state index contributed by atoms with van der Waals surface area (Å²) in [6.07, 6.45) is 0. The standard InChI is InChI=1S/C12H17N3S/c1-6(2)8-5-16-11-9(7(3)4)14-12(13)15-10(8)11/h5-7H,1-4H3,(H2,13,14,15). The molecule has 0 atom stereocenters. The molecule has 0 radical (unpaired) electrons. The van der Waals surface area contributed by atoms with Crippen LogP contribution in [0.15, 0.2) is 5.38 Å². The molecule has 0 amide bonds. The van der Waals surface area contributed by atoms with E-state index in [0.29, 0.717) is 17.8 Å². The summed E-state index contributed by atoms with van der Waals surface area (Å²) >= 11 is 1.73. The first-order valence-electron chi connectivity index (χ1n) is 5.55. The van der Waals surface area contributed by atoms with Crippen molar-refractivity contribution in [2.75, 3.05) is 5.73 Å². The van der Waals surface area contributed by atoms with E-state index in [1.807, 2.05) is 0 Å². The molecule has 0 saturated carbocycles. The number of hydrogen-bond acceptors (Lipinski definition) is 4. The Kier molecular flexibility index (Phi) is 2.84. The van der Waals surface area contributed by atoms with Crippen LogP contribution in [-0.2, 0) is 0 Å². The Balaban J connectivity index is 2.75. The number of anilines is 1. The minimum absolute atomic E-state index is 0.381. The molecule has 0 aliphatic heterocycles. The van der Waals surface area contributed by atoms with Gasteiger partial charge in [-0.1, -0.05) is 27.7 Å². The Hall–Kier alpha value is -1.16. The maximum atomic E-state index is 5.77. The van der Waals surface area contributed by atoms with E-state index >= 15 is 0 Å². The van der Waals surface area contributed by atoms with E-state index in [1.165, 1.54) is 10.3 Å². The van der Waals surface area contributed by atoms with Crippen molar-refractivity contribution in [3.8, 4) is 0 Å². The summed E-state index contributed by atoms with van der Waals surface area (Å²) in [7, 11) is 0. The van der Waals surface area contributed by atoms with Gasteiger partial charge < -0.3 is 5.73 Å². The molecule has 2 aromatic heterocycles. The number of nitrogen functional groups attached to an aromatic ring is 1. The molecule has 0 spiro atoms. The largest absolute Gasteiger partial charge is 0.368 e. The summed E-state index contributed by atoms with van der Waals surface area (Å²) in [6.45, 7) is 8.62. The predicted molar refractivity (Wildman–Crippen MR) is 70.0 cm³/mol. The van der Waals surface area contributed by atoms with Crippen molar-refractivity contribution in [3.05, 3.63) is 16.6 Å². The van der Waals surface area contributed by atoms with Crippen molar-refractivity contribution in [1.29, 1.82) is 0 Å². The van der Waals surface area contributed by atoms with Crippen LogP contribution in [0.4, 0.5) is 5.95 Å². The van der Waals surface area contributed by atoms with Crippen LogP contribution in [0.5, 0.6) is 0 Å². The summed E-state index contributed by atoms with van der Waals surface area (Å²) in [6, 6.07) is 0. The van der Waals surface area contributed by atoms with Crippen LogP contribution >= 0.6 is 11.3 Å². The van der Waals surface area contributed by atoms with E-state index in [0.717, 1.165) is 11.2 Å².